The summed E-state index contributed by atoms with van der Waals surface area (Å²) in [5.74, 6) is 0.474. The summed E-state index contributed by atoms with van der Waals surface area (Å²) in [6, 6.07) is 28.1. The van der Waals surface area contributed by atoms with Gasteiger partial charge in [0.15, 0.2) is 0 Å². The van der Waals surface area contributed by atoms with E-state index in [9.17, 15) is 4.79 Å². The van der Waals surface area contributed by atoms with E-state index >= 15 is 0 Å². The van der Waals surface area contributed by atoms with Crippen molar-refractivity contribution in [3.05, 3.63) is 102 Å². The van der Waals surface area contributed by atoms with E-state index in [0.29, 0.717) is 19.0 Å². The highest BCUT2D eigenvalue weighted by atomic mass is 16.2. The van der Waals surface area contributed by atoms with Gasteiger partial charge in [-0.1, -0.05) is 86.6 Å². The smallest absolute Gasteiger partial charge is 0.316 e. The van der Waals surface area contributed by atoms with Crippen LogP contribution in [0.5, 0.6) is 0 Å². The Bertz CT molecular complexity index is 801. The van der Waals surface area contributed by atoms with E-state index in [-0.39, 0.29) is 6.03 Å². The van der Waals surface area contributed by atoms with Gasteiger partial charge in [-0.2, -0.15) is 0 Å². The first-order valence-corrected chi connectivity index (χ1v) is 9.35. The van der Waals surface area contributed by atoms with Gasteiger partial charge in [0, 0.05) is 18.8 Å². The van der Waals surface area contributed by atoms with Gasteiger partial charge in [0.25, 0.3) is 0 Å². The lowest BCUT2D eigenvalue weighted by atomic mass is 10.0. The van der Waals surface area contributed by atoms with Gasteiger partial charge < -0.3 is 10.2 Å². The molecule has 0 radical (unpaired) electrons. The minimum Gasteiger partial charge on any atom is -0.316 e. The third kappa shape index (κ3) is 5.45. The van der Waals surface area contributed by atoms with Crippen molar-refractivity contribution in [3.8, 4) is 0 Å². The maximum Gasteiger partial charge on any atom is 0.322 e. The van der Waals surface area contributed by atoms with Crippen LogP contribution in [0.25, 0.3) is 0 Å². The standard InChI is InChI=1S/C24H26N2O/c1-19(2)22-13-15-23(16-14-22)25-24(27)26(17-20-9-5-3-6-10-20)18-21-11-7-4-8-12-21/h3-16,19H,17-18H2,1-2H3,(H,25,27). The lowest BCUT2D eigenvalue weighted by Gasteiger charge is -2.23. The number of carbonyl (C=O) groups is 1. The van der Waals surface area contributed by atoms with Crippen molar-refractivity contribution in [2.45, 2.75) is 32.9 Å². The van der Waals surface area contributed by atoms with E-state index in [1.807, 2.05) is 77.7 Å². The molecule has 0 atom stereocenters. The summed E-state index contributed by atoms with van der Waals surface area (Å²) in [6.45, 7) is 5.45. The highest BCUT2D eigenvalue weighted by Crippen LogP contribution is 2.18. The number of anilines is 1. The predicted octanol–water partition coefficient (Wildman–Crippen LogP) is 6.04. The molecule has 0 saturated heterocycles. The molecule has 3 nitrogen and oxygen atoms in total. The van der Waals surface area contributed by atoms with Crippen LogP contribution in [0.4, 0.5) is 10.5 Å². The SMILES string of the molecule is CC(C)c1ccc(NC(=O)N(Cc2ccccc2)Cc2ccccc2)cc1. The van der Waals surface area contributed by atoms with Gasteiger partial charge in [0.1, 0.15) is 0 Å². The normalized spacial score (nSPS) is 10.6. The van der Waals surface area contributed by atoms with Crippen LogP contribution in [0.3, 0.4) is 0 Å². The monoisotopic (exact) mass is 358 g/mol. The molecule has 0 aliphatic heterocycles. The van der Waals surface area contributed by atoms with Crippen LogP contribution in [0, 0.1) is 0 Å². The molecule has 0 aromatic heterocycles. The van der Waals surface area contributed by atoms with Crippen LogP contribution in [0.1, 0.15) is 36.5 Å². The number of benzene rings is 3. The number of carbonyl (C=O) groups excluding carboxylic acids is 1. The number of nitrogens with one attached hydrogen (secondary N) is 1. The molecule has 0 aliphatic carbocycles. The molecule has 3 aromatic carbocycles. The summed E-state index contributed by atoms with van der Waals surface area (Å²) in [5, 5.41) is 3.04. The summed E-state index contributed by atoms with van der Waals surface area (Å²) in [6.07, 6.45) is 0. The Morgan fingerprint density at radius 2 is 1.26 bits per heavy atom. The van der Waals surface area contributed by atoms with Crippen molar-refractivity contribution in [2.24, 2.45) is 0 Å². The summed E-state index contributed by atoms with van der Waals surface area (Å²) >= 11 is 0. The Morgan fingerprint density at radius 3 is 1.70 bits per heavy atom. The van der Waals surface area contributed by atoms with Crippen molar-refractivity contribution in [2.75, 3.05) is 5.32 Å². The fourth-order valence-corrected chi connectivity index (χ4v) is 2.96. The number of nitrogens with zero attached hydrogens (tertiary/aromatic N) is 1. The molecule has 0 spiro atoms. The van der Waals surface area contributed by atoms with Gasteiger partial charge in [-0.25, -0.2) is 4.79 Å². The average molecular weight is 358 g/mol. The van der Waals surface area contributed by atoms with E-state index in [4.69, 9.17) is 0 Å². The van der Waals surface area contributed by atoms with Crippen molar-refractivity contribution < 1.29 is 4.79 Å². The molecule has 1 N–H and O–H groups in total. The Morgan fingerprint density at radius 1 is 0.778 bits per heavy atom. The van der Waals surface area contributed by atoms with Crippen molar-refractivity contribution in [1.82, 2.24) is 4.90 Å². The van der Waals surface area contributed by atoms with Gasteiger partial charge in [0.05, 0.1) is 0 Å². The number of rotatable bonds is 6. The highest BCUT2D eigenvalue weighted by molar-refractivity contribution is 5.89. The molecule has 3 aromatic rings. The third-order valence-corrected chi connectivity index (χ3v) is 4.55. The van der Waals surface area contributed by atoms with E-state index in [1.54, 1.807) is 0 Å². The second-order valence-electron chi connectivity index (χ2n) is 7.03. The highest BCUT2D eigenvalue weighted by Gasteiger charge is 2.15. The van der Waals surface area contributed by atoms with Crippen LogP contribution in [0.15, 0.2) is 84.9 Å². The molecule has 0 heterocycles. The molecule has 3 rings (SSSR count). The van der Waals surface area contributed by atoms with Crippen molar-refractivity contribution >= 4 is 11.7 Å². The molecule has 3 heteroatoms. The minimum atomic E-state index is -0.0972. The summed E-state index contributed by atoms with van der Waals surface area (Å²) in [5.41, 5.74) is 4.30. The van der Waals surface area contributed by atoms with Gasteiger partial charge in [-0.3, -0.25) is 0 Å². The maximum atomic E-state index is 13.0. The Balaban J connectivity index is 1.75. The van der Waals surface area contributed by atoms with E-state index in [0.717, 1.165) is 16.8 Å². The zero-order valence-corrected chi connectivity index (χ0v) is 15.9. The number of urea groups is 1. The van der Waals surface area contributed by atoms with E-state index < -0.39 is 0 Å². The molecular weight excluding hydrogens is 332 g/mol. The molecule has 0 bridgehead atoms. The molecule has 2 amide bonds. The quantitative estimate of drug-likeness (QED) is 0.572. The average Bonchev–Trinajstić information content (AvgIpc) is 2.69. The largest absolute Gasteiger partial charge is 0.322 e. The zero-order valence-electron chi connectivity index (χ0n) is 15.9. The van der Waals surface area contributed by atoms with Crippen LogP contribution in [0.2, 0.25) is 0 Å². The molecule has 0 aliphatic rings. The van der Waals surface area contributed by atoms with Crippen molar-refractivity contribution in [3.63, 3.8) is 0 Å². The number of amides is 2. The Kier molecular flexibility index (Phi) is 6.26. The van der Waals surface area contributed by atoms with E-state index in [1.165, 1.54) is 5.56 Å². The zero-order chi connectivity index (χ0) is 19.1. The van der Waals surface area contributed by atoms with Gasteiger partial charge >= 0.3 is 6.03 Å². The third-order valence-electron chi connectivity index (χ3n) is 4.55. The first-order chi connectivity index (χ1) is 13.1. The van der Waals surface area contributed by atoms with Crippen LogP contribution >= 0.6 is 0 Å². The molecule has 0 fully saturated rings. The van der Waals surface area contributed by atoms with E-state index in [2.05, 4.69) is 31.3 Å². The van der Waals surface area contributed by atoms with Crippen LogP contribution in [-0.2, 0) is 13.1 Å². The second kappa shape index (κ2) is 9.04. The summed E-state index contributed by atoms with van der Waals surface area (Å²) in [7, 11) is 0. The lowest BCUT2D eigenvalue weighted by molar-refractivity contribution is 0.206. The first-order valence-electron chi connectivity index (χ1n) is 9.35. The molecule has 0 unspecified atom stereocenters. The van der Waals surface area contributed by atoms with Gasteiger partial charge in [0.2, 0.25) is 0 Å². The number of hydrogen-bond donors (Lipinski definition) is 1. The molecular formula is C24H26N2O. The second-order valence-corrected chi connectivity index (χ2v) is 7.03. The van der Waals surface area contributed by atoms with Crippen LogP contribution in [-0.4, -0.2) is 10.9 Å². The molecule has 138 valence electrons. The Labute approximate surface area is 161 Å². The minimum absolute atomic E-state index is 0.0972. The fourth-order valence-electron chi connectivity index (χ4n) is 2.96. The van der Waals surface area contributed by atoms with Gasteiger partial charge in [-0.05, 0) is 34.7 Å². The Hall–Kier alpha value is -3.07. The molecule has 0 saturated carbocycles. The summed E-state index contributed by atoms with van der Waals surface area (Å²) < 4.78 is 0. The maximum absolute atomic E-state index is 13.0. The number of hydrogen-bond acceptors (Lipinski definition) is 1. The van der Waals surface area contributed by atoms with Gasteiger partial charge in [-0.15, -0.1) is 0 Å². The first kappa shape index (κ1) is 18.7. The fraction of sp³-hybridized carbons (Fsp3) is 0.208. The van der Waals surface area contributed by atoms with Crippen LogP contribution < -0.4 is 5.32 Å². The van der Waals surface area contributed by atoms with Crippen molar-refractivity contribution in [1.29, 1.82) is 0 Å². The summed E-state index contributed by atoms with van der Waals surface area (Å²) in [4.78, 5) is 14.8. The topological polar surface area (TPSA) is 32.3 Å². The predicted molar refractivity (Wildman–Crippen MR) is 112 cm³/mol. The molecule has 27 heavy (non-hydrogen) atoms. The lowest BCUT2D eigenvalue weighted by Crippen LogP contribution is -2.34.